The fourth-order valence-electron chi connectivity index (χ4n) is 4.61. The van der Waals surface area contributed by atoms with Crippen LogP contribution in [0.3, 0.4) is 0 Å². The Kier molecular flexibility index (Phi) is 5.27. The number of carbonyl (C=O) groups excluding carboxylic acids is 2. The SMILES string of the molecule is NC(=O)C1[C@@H]2CN(C(=O)c3cccs3)CC2CN1CCCc1ccccc1. The van der Waals surface area contributed by atoms with Gasteiger partial charge in [-0.15, -0.1) is 11.3 Å². The molecule has 0 aliphatic carbocycles. The number of benzene rings is 1. The van der Waals surface area contributed by atoms with Gasteiger partial charge >= 0.3 is 0 Å². The van der Waals surface area contributed by atoms with E-state index in [-0.39, 0.29) is 23.8 Å². The predicted octanol–water partition coefficient (Wildman–Crippen LogP) is 2.24. The van der Waals surface area contributed by atoms with Crippen molar-refractivity contribution in [2.75, 3.05) is 26.2 Å². The molecule has 2 amide bonds. The summed E-state index contributed by atoms with van der Waals surface area (Å²) in [5.41, 5.74) is 7.08. The highest BCUT2D eigenvalue weighted by molar-refractivity contribution is 7.12. The number of primary amides is 1. The Morgan fingerprint density at radius 1 is 1.07 bits per heavy atom. The summed E-state index contributed by atoms with van der Waals surface area (Å²) in [6, 6.07) is 13.9. The molecule has 2 N–H and O–H groups in total. The molecule has 142 valence electrons. The fourth-order valence-corrected chi connectivity index (χ4v) is 5.30. The molecule has 1 aromatic heterocycles. The molecule has 4 rings (SSSR count). The Balaban J connectivity index is 1.37. The van der Waals surface area contributed by atoms with Crippen molar-refractivity contribution in [2.24, 2.45) is 17.6 Å². The fraction of sp³-hybridized carbons (Fsp3) is 0.429. The zero-order chi connectivity index (χ0) is 18.8. The Morgan fingerprint density at radius 2 is 1.89 bits per heavy atom. The molecule has 27 heavy (non-hydrogen) atoms. The lowest BCUT2D eigenvalue weighted by Gasteiger charge is -2.27. The van der Waals surface area contributed by atoms with Crippen molar-refractivity contribution in [1.82, 2.24) is 9.80 Å². The van der Waals surface area contributed by atoms with Crippen LogP contribution in [0, 0.1) is 11.8 Å². The summed E-state index contributed by atoms with van der Waals surface area (Å²) in [6.07, 6.45) is 2.01. The van der Waals surface area contributed by atoms with E-state index in [1.165, 1.54) is 16.9 Å². The smallest absolute Gasteiger partial charge is 0.263 e. The Hall–Kier alpha value is -2.18. The number of hydrogen-bond acceptors (Lipinski definition) is 4. The van der Waals surface area contributed by atoms with Gasteiger partial charge in [-0.2, -0.15) is 0 Å². The van der Waals surface area contributed by atoms with Crippen LogP contribution in [-0.2, 0) is 11.2 Å². The standard InChI is InChI=1S/C21H25N3O2S/c22-20(25)19-17-14-24(21(26)18-9-5-11-27-18)13-16(17)12-23(19)10-4-8-15-6-2-1-3-7-15/h1-3,5-7,9,11,16-17,19H,4,8,10,12-14H2,(H2,22,25)/t16?,17-,19?/m1/s1. The van der Waals surface area contributed by atoms with Crippen LogP contribution >= 0.6 is 11.3 Å². The van der Waals surface area contributed by atoms with Gasteiger partial charge in [-0.05, 0) is 42.3 Å². The molecule has 2 saturated heterocycles. The van der Waals surface area contributed by atoms with Crippen molar-refractivity contribution < 1.29 is 9.59 Å². The molecule has 3 atom stereocenters. The van der Waals surface area contributed by atoms with Crippen LogP contribution < -0.4 is 5.73 Å². The van der Waals surface area contributed by atoms with E-state index in [4.69, 9.17) is 5.73 Å². The maximum absolute atomic E-state index is 12.6. The lowest BCUT2D eigenvalue weighted by molar-refractivity contribution is -0.123. The van der Waals surface area contributed by atoms with Crippen molar-refractivity contribution in [3.63, 3.8) is 0 Å². The number of carbonyl (C=O) groups is 2. The van der Waals surface area contributed by atoms with Gasteiger partial charge in [0, 0.05) is 25.6 Å². The third kappa shape index (κ3) is 3.77. The Labute approximate surface area is 163 Å². The van der Waals surface area contributed by atoms with Crippen LogP contribution in [0.25, 0.3) is 0 Å². The van der Waals surface area contributed by atoms with Gasteiger partial charge < -0.3 is 10.6 Å². The predicted molar refractivity (Wildman–Crippen MR) is 107 cm³/mol. The quantitative estimate of drug-likeness (QED) is 0.832. The number of amides is 2. The molecule has 2 unspecified atom stereocenters. The lowest BCUT2D eigenvalue weighted by atomic mass is 9.94. The molecule has 6 heteroatoms. The molecule has 0 saturated carbocycles. The maximum Gasteiger partial charge on any atom is 0.263 e. The summed E-state index contributed by atoms with van der Waals surface area (Å²) in [6.45, 7) is 3.07. The van der Waals surface area contributed by atoms with E-state index in [0.717, 1.165) is 37.4 Å². The van der Waals surface area contributed by atoms with Crippen LogP contribution in [0.4, 0.5) is 0 Å². The van der Waals surface area contributed by atoms with E-state index in [1.54, 1.807) is 0 Å². The minimum Gasteiger partial charge on any atom is -0.368 e. The second kappa shape index (κ2) is 7.82. The largest absolute Gasteiger partial charge is 0.368 e. The van der Waals surface area contributed by atoms with Crippen LogP contribution in [0.5, 0.6) is 0 Å². The lowest BCUT2D eigenvalue weighted by Crippen LogP contribution is -2.46. The van der Waals surface area contributed by atoms with Gasteiger partial charge in [0.2, 0.25) is 5.91 Å². The molecule has 3 heterocycles. The zero-order valence-electron chi connectivity index (χ0n) is 15.3. The molecule has 0 spiro atoms. The number of likely N-dealkylation sites (tertiary alicyclic amines) is 2. The molecule has 0 bridgehead atoms. The number of fused-ring (bicyclic) bond motifs is 1. The van der Waals surface area contributed by atoms with Crippen molar-refractivity contribution in [3.8, 4) is 0 Å². The van der Waals surface area contributed by atoms with Gasteiger partial charge in [0.15, 0.2) is 0 Å². The molecule has 2 aliphatic rings. The van der Waals surface area contributed by atoms with Gasteiger partial charge in [-0.25, -0.2) is 0 Å². The zero-order valence-corrected chi connectivity index (χ0v) is 16.1. The summed E-state index contributed by atoms with van der Waals surface area (Å²) < 4.78 is 0. The van der Waals surface area contributed by atoms with E-state index in [9.17, 15) is 9.59 Å². The minimum atomic E-state index is -0.257. The molecule has 0 radical (unpaired) electrons. The average Bonchev–Trinajstić information content (AvgIpc) is 3.37. The highest BCUT2D eigenvalue weighted by atomic mass is 32.1. The van der Waals surface area contributed by atoms with Crippen molar-refractivity contribution in [3.05, 3.63) is 58.3 Å². The normalized spacial score (nSPS) is 24.9. The van der Waals surface area contributed by atoms with Gasteiger partial charge in [0.05, 0.1) is 10.9 Å². The molecule has 2 aromatic rings. The van der Waals surface area contributed by atoms with E-state index >= 15 is 0 Å². The molecule has 1 aromatic carbocycles. The first-order valence-corrected chi connectivity index (χ1v) is 10.4. The van der Waals surface area contributed by atoms with Crippen LogP contribution in [0.1, 0.15) is 21.7 Å². The van der Waals surface area contributed by atoms with Gasteiger partial charge in [-0.1, -0.05) is 36.4 Å². The second-order valence-electron chi connectivity index (χ2n) is 7.54. The number of nitrogens with two attached hydrogens (primary N) is 1. The van der Waals surface area contributed by atoms with E-state index in [1.807, 2.05) is 28.5 Å². The number of aryl methyl sites for hydroxylation is 1. The van der Waals surface area contributed by atoms with E-state index in [0.29, 0.717) is 12.5 Å². The third-order valence-corrected chi connectivity index (χ3v) is 6.68. The summed E-state index contributed by atoms with van der Waals surface area (Å²) in [5.74, 6) is 0.317. The summed E-state index contributed by atoms with van der Waals surface area (Å²) in [7, 11) is 0. The van der Waals surface area contributed by atoms with Crippen LogP contribution in [0.2, 0.25) is 0 Å². The third-order valence-electron chi connectivity index (χ3n) is 5.82. The van der Waals surface area contributed by atoms with Gasteiger partial charge in [-0.3, -0.25) is 14.5 Å². The summed E-state index contributed by atoms with van der Waals surface area (Å²) in [4.78, 5) is 29.7. The van der Waals surface area contributed by atoms with Crippen molar-refractivity contribution >= 4 is 23.2 Å². The van der Waals surface area contributed by atoms with Crippen LogP contribution in [-0.4, -0.2) is 53.8 Å². The van der Waals surface area contributed by atoms with Gasteiger partial charge in [0.25, 0.3) is 5.91 Å². The van der Waals surface area contributed by atoms with E-state index in [2.05, 4.69) is 29.2 Å². The number of hydrogen-bond donors (Lipinski definition) is 1. The topological polar surface area (TPSA) is 66.6 Å². The molecule has 2 aliphatic heterocycles. The Morgan fingerprint density at radius 3 is 2.59 bits per heavy atom. The summed E-state index contributed by atoms with van der Waals surface area (Å²) >= 11 is 1.47. The number of rotatable bonds is 6. The number of thiophene rings is 1. The van der Waals surface area contributed by atoms with Crippen molar-refractivity contribution in [2.45, 2.75) is 18.9 Å². The van der Waals surface area contributed by atoms with Crippen LogP contribution in [0.15, 0.2) is 47.8 Å². The number of nitrogens with zero attached hydrogens (tertiary/aromatic N) is 2. The first kappa shape index (κ1) is 18.2. The molecular weight excluding hydrogens is 358 g/mol. The van der Waals surface area contributed by atoms with Gasteiger partial charge in [0.1, 0.15) is 0 Å². The van der Waals surface area contributed by atoms with Crippen molar-refractivity contribution in [1.29, 1.82) is 0 Å². The molecule has 5 nitrogen and oxygen atoms in total. The van der Waals surface area contributed by atoms with E-state index < -0.39 is 0 Å². The first-order valence-electron chi connectivity index (χ1n) is 9.53. The molecular formula is C21H25N3O2S. The highest BCUT2D eigenvalue weighted by Crippen LogP contribution is 2.37. The average molecular weight is 384 g/mol. The maximum atomic E-state index is 12.6. The monoisotopic (exact) mass is 383 g/mol. The molecule has 2 fully saturated rings. The summed E-state index contributed by atoms with van der Waals surface area (Å²) in [5, 5.41) is 1.92. The minimum absolute atomic E-state index is 0.0817. The first-order chi connectivity index (χ1) is 13.1. The second-order valence-corrected chi connectivity index (χ2v) is 8.49. The highest BCUT2D eigenvalue weighted by Gasteiger charge is 2.50. The Bertz CT molecular complexity index is 793.